The summed E-state index contributed by atoms with van der Waals surface area (Å²) < 4.78 is 0. The largest absolute Gasteiger partial charge is 0.363 e. The van der Waals surface area contributed by atoms with Gasteiger partial charge in [-0.25, -0.2) is 0 Å². The molecule has 2 aliphatic rings. The van der Waals surface area contributed by atoms with Gasteiger partial charge in [-0.1, -0.05) is 11.8 Å². The van der Waals surface area contributed by atoms with Gasteiger partial charge >= 0.3 is 0 Å². The average molecular weight is 213 g/mol. The van der Waals surface area contributed by atoms with E-state index in [2.05, 4.69) is 29.2 Å². The second-order valence-electron chi connectivity index (χ2n) is 4.16. The van der Waals surface area contributed by atoms with Crippen LogP contribution in [-0.4, -0.2) is 48.0 Å². The van der Waals surface area contributed by atoms with Crippen molar-refractivity contribution in [1.29, 1.82) is 0 Å². The van der Waals surface area contributed by atoms with Crippen LogP contribution in [0, 0.1) is 0 Å². The third-order valence-corrected chi connectivity index (χ3v) is 3.89. The van der Waals surface area contributed by atoms with E-state index in [0.29, 0.717) is 6.04 Å². The summed E-state index contributed by atoms with van der Waals surface area (Å²) in [5.74, 6) is 1.15. The summed E-state index contributed by atoms with van der Waals surface area (Å²) in [4.78, 5) is 6.86. The maximum atomic E-state index is 4.38. The summed E-state index contributed by atoms with van der Waals surface area (Å²) in [6.07, 6.45) is 2.77. The van der Waals surface area contributed by atoms with Crippen molar-refractivity contribution in [3.63, 3.8) is 0 Å². The molecule has 0 spiro atoms. The first kappa shape index (κ1) is 10.3. The fourth-order valence-corrected chi connectivity index (χ4v) is 2.41. The van der Waals surface area contributed by atoms with Crippen LogP contribution < -0.4 is 5.32 Å². The lowest BCUT2D eigenvalue weighted by Crippen LogP contribution is -2.40. The molecule has 14 heavy (non-hydrogen) atoms. The first-order valence-electron chi connectivity index (χ1n) is 5.40. The van der Waals surface area contributed by atoms with Crippen molar-refractivity contribution >= 4 is 16.9 Å². The van der Waals surface area contributed by atoms with E-state index in [0.717, 1.165) is 30.1 Å². The Hall–Kier alpha value is -0.220. The van der Waals surface area contributed by atoms with Crippen LogP contribution in [-0.2, 0) is 0 Å². The molecule has 3 nitrogen and oxygen atoms in total. The van der Waals surface area contributed by atoms with Crippen LogP contribution in [0.5, 0.6) is 0 Å². The van der Waals surface area contributed by atoms with Gasteiger partial charge in [-0.3, -0.25) is 9.89 Å². The Balaban J connectivity index is 1.68. The molecule has 1 atom stereocenters. The van der Waals surface area contributed by atoms with Gasteiger partial charge in [0.25, 0.3) is 0 Å². The Morgan fingerprint density at radius 2 is 2.43 bits per heavy atom. The summed E-state index contributed by atoms with van der Waals surface area (Å²) in [6.45, 7) is 4.30. The van der Waals surface area contributed by atoms with E-state index in [1.165, 1.54) is 12.8 Å². The van der Waals surface area contributed by atoms with E-state index < -0.39 is 0 Å². The average Bonchev–Trinajstić information content (AvgIpc) is 2.91. The quantitative estimate of drug-likeness (QED) is 0.759. The Kier molecular flexibility index (Phi) is 3.34. The maximum absolute atomic E-state index is 4.38. The number of aliphatic imine (C=N–C) groups is 1. The van der Waals surface area contributed by atoms with Crippen molar-refractivity contribution in [2.24, 2.45) is 4.99 Å². The van der Waals surface area contributed by atoms with E-state index in [1.807, 2.05) is 11.8 Å². The van der Waals surface area contributed by atoms with Gasteiger partial charge in [0.1, 0.15) is 0 Å². The van der Waals surface area contributed by atoms with Gasteiger partial charge in [-0.15, -0.1) is 0 Å². The van der Waals surface area contributed by atoms with Crippen LogP contribution in [0.2, 0.25) is 0 Å². The minimum Gasteiger partial charge on any atom is -0.363 e. The van der Waals surface area contributed by atoms with E-state index in [4.69, 9.17) is 0 Å². The highest BCUT2D eigenvalue weighted by Crippen LogP contribution is 2.26. The van der Waals surface area contributed by atoms with Crippen molar-refractivity contribution in [3.05, 3.63) is 0 Å². The third-order valence-electron chi connectivity index (χ3n) is 2.95. The Bertz CT molecular complexity index is 225. The molecule has 1 aliphatic heterocycles. The number of nitrogens with zero attached hydrogens (tertiary/aromatic N) is 2. The van der Waals surface area contributed by atoms with E-state index >= 15 is 0 Å². The SMILES string of the molecule is CC(CNC1=NCCS1)N(C)C1CC1. The van der Waals surface area contributed by atoms with Crippen molar-refractivity contribution in [3.8, 4) is 0 Å². The summed E-state index contributed by atoms with van der Waals surface area (Å²) in [5.41, 5.74) is 0. The zero-order valence-electron chi connectivity index (χ0n) is 8.99. The second-order valence-corrected chi connectivity index (χ2v) is 5.25. The number of hydrogen-bond donors (Lipinski definition) is 1. The molecule has 1 heterocycles. The number of hydrogen-bond acceptors (Lipinski definition) is 4. The minimum absolute atomic E-state index is 0.617. The fourth-order valence-electron chi connectivity index (χ4n) is 1.66. The molecule has 4 heteroatoms. The van der Waals surface area contributed by atoms with Crippen LogP contribution in [0.25, 0.3) is 0 Å². The molecule has 0 saturated heterocycles. The molecule has 0 bridgehead atoms. The molecule has 2 rings (SSSR count). The van der Waals surface area contributed by atoms with Gasteiger partial charge in [0.2, 0.25) is 0 Å². The monoisotopic (exact) mass is 213 g/mol. The predicted octanol–water partition coefficient (Wildman–Crippen LogP) is 1.16. The molecular formula is C10H19N3S. The van der Waals surface area contributed by atoms with Crippen LogP contribution >= 0.6 is 11.8 Å². The number of amidine groups is 1. The normalized spacial score (nSPS) is 23.8. The highest BCUT2D eigenvalue weighted by molar-refractivity contribution is 8.14. The lowest BCUT2D eigenvalue weighted by atomic mass is 10.3. The Morgan fingerprint density at radius 3 is 3.00 bits per heavy atom. The molecule has 80 valence electrons. The van der Waals surface area contributed by atoms with Crippen LogP contribution in [0.3, 0.4) is 0 Å². The number of nitrogens with one attached hydrogen (secondary N) is 1. The number of likely N-dealkylation sites (N-methyl/N-ethyl adjacent to an activating group) is 1. The molecule has 1 aliphatic carbocycles. The highest BCUT2D eigenvalue weighted by Gasteiger charge is 2.29. The molecule has 0 radical (unpaired) electrons. The Morgan fingerprint density at radius 1 is 1.64 bits per heavy atom. The highest BCUT2D eigenvalue weighted by atomic mass is 32.2. The van der Waals surface area contributed by atoms with Gasteiger partial charge in [-0.2, -0.15) is 0 Å². The third kappa shape index (κ3) is 2.64. The maximum Gasteiger partial charge on any atom is 0.156 e. The van der Waals surface area contributed by atoms with Crippen LogP contribution in [0.1, 0.15) is 19.8 Å². The Labute approximate surface area is 90.3 Å². The van der Waals surface area contributed by atoms with E-state index in [-0.39, 0.29) is 0 Å². The topological polar surface area (TPSA) is 27.6 Å². The molecule has 0 amide bonds. The zero-order valence-corrected chi connectivity index (χ0v) is 9.81. The van der Waals surface area contributed by atoms with Crippen LogP contribution in [0.15, 0.2) is 4.99 Å². The standard InChI is InChI=1S/C10H19N3S/c1-8(13(2)9-3-4-9)7-12-10-11-5-6-14-10/h8-9H,3-7H2,1-2H3,(H,11,12). The first-order valence-corrected chi connectivity index (χ1v) is 6.39. The summed E-state index contributed by atoms with van der Waals surface area (Å²) in [6, 6.07) is 1.47. The number of rotatable bonds is 4. The number of thioether (sulfide) groups is 1. The zero-order chi connectivity index (χ0) is 9.97. The van der Waals surface area contributed by atoms with Crippen molar-refractivity contribution in [2.45, 2.75) is 31.8 Å². The predicted molar refractivity (Wildman–Crippen MR) is 63.0 cm³/mol. The van der Waals surface area contributed by atoms with E-state index in [1.54, 1.807) is 0 Å². The molecule has 0 aromatic rings. The smallest absolute Gasteiger partial charge is 0.156 e. The van der Waals surface area contributed by atoms with Crippen molar-refractivity contribution in [1.82, 2.24) is 10.2 Å². The molecule has 1 saturated carbocycles. The van der Waals surface area contributed by atoms with Gasteiger partial charge in [-0.05, 0) is 26.8 Å². The second kappa shape index (κ2) is 4.53. The van der Waals surface area contributed by atoms with Gasteiger partial charge in [0, 0.05) is 24.4 Å². The lowest BCUT2D eigenvalue weighted by Gasteiger charge is -2.24. The fraction of sp³-hybridized carbons (Fsp3) is 0.900. The van der Waals surface area contributed by atoms with E-state index in [9.17, 15) is 0 Å². The van der Waals surface area contributed by atoms with Crippen molar-refractivity contribution < 1.29 is 0 Å². The summed E-state index contributed by atoms with van der Waals surface area (Å²) in [5, 5.41) is 4.56. The van der Waals surface area contributed by atoms with Gasteiger partial charge < -0.3 is 5.32 Å². The molecule has 1 fully saturated rings. The van der Waals surface area contributed by atoms with Crippen molar-refractivity contribution in [2.75, 3.05) is 25.9 Å². The summed E-state index contributed by atoms with van der Waals surface area (Å²) in [7, 11) is 2.23. The first-order chi connectivity index (χ1) is 6.77. The molecular weight excluding hydrogens is 194 g/mol. The molecule has 0 aromatic heterocycles. The molecule has 1 N–H and O–H groups in total. The van der Waals surface area contributed by atoms with Crippen LogP contribution in [0.4, 0.5) is 0 Å². The lowest BCUT2D eigenvalue weighted by molar-refractivity contribution is 0.248. The van der Waals surface area contributed by atoms with Gasteiger partial charge in [0.05, 0.1) is 6.54 Å². The minimum atomic E-state index is 0.617. The molecule has 1 unspecified atom stereocenters. The molecule has 0 aromatic carbocycles. The van der Waals surface area contributed by atoms with Gasteiger partial charge in [0.15, 0.2) is 5.17 Å². The summed E-state index contributed by atoms with van der Waals surface area (Å²) >= 11 is 1.84.